The van der Waals surface area contributed by atoms with Crippen LogP contribution in [-0.4, -0.2) is 94.7 Å². The molecule has 0 bridgehead atoms. The van der Waals surface area contributed by atoms with E-state index in [0.717, 1.165) is 35.2 Å². The fourth-order valence-electron chi connectivity index (χ4n) is 3.16. The van der Waals surface area contributed by atoms with Crippen molar-refractivity contribution >= 4 is 70.9 Å². The highest BCUT2D eigenvalue weighted by Crippen LogP contribution is 2.33. The number of benzene rings is 1. The van der Waals surface area contributed by atoms with Crippen molar-refractivity contribution in [3.8, 4) is 11.5 Å². The smallest absolute Gasteiger partial charge is 0.330 e. The zero-order valence-electron chi connectivity index (χ0n) is 21.6. The van der Waals surface area contributed by atoms with E-state index in [2.05, 4.69) is 13.2 Å². The molecule has 0 saturated carbocycles. The van der Waals surface area contributed by atoms with Crippen LogP contribution in [0.4, 0.5) is 0 Å². The maximum atomic E-state index is 12.2. The summed E-state index contributed by atoms with van der Waals surface area (Å²) in [5, 5.41) is 0. The molecule has 14 heteroatoms. The lowest BCUT2D eigenvalue weighted by Gasteiger charge is -2.20. The van der Waals surface area contributed by atoms with Crippen LogP contribution in [0.25, 0.3) is 0 Å². The van der Waals surface area contributed by atoms with Gasteiger partial charge in [-0.25, -0.2) is 19.2 Å². The highest BCUT2D eigenvalue weighted by molar-refractivity contribution is 8.21. The normalized spacial score (nSPS) is 16.8. The van der Waals surface area contributed by atoms with Gasteiger partial charge in [-0.05, 0) is 12.1 Å². The molecule has 2 saturated heterocycles. The Morgan fingerprint density at radius 3 is 1.50 bits per heavy atom. The Kier molecular flexibility index (Phi) is 14.0. The predicted octanol–water partition coefficient (Wildman–Crippen LogP) is 3.34. The van der Waals surface area contributed by atoms with Crippen molar-refractivity contribution < 1.29 is 47.6 Å². The standard InChI is InChI=1S/C26H30O10S4/c1-3-21(27)35-19(15-33-23(29)25-37-8-9-38-25)13-31-17-6-5-7-18(12-17)32-14-20(36-22(28)4-2)16-34-24(30)26-39-10-11-40-26/h3-7,12,19-20,25-26H,1-2,8-11,13-16H2. The van der Waals surface area contributed by atoms with Gasteiger partial charge in [0.1, 0.15) is 47.1 Å². The molecule has 0 amide bonds. The Morgan fingerprint density at radius 1 is 0.725 bits per heavy atom. The first-order chi connectivity index (χ1) is 19.4. The highest BCUT2D eigenvalue weighted by Gasteiger charge is 2.28. The summed E-state index contributed by atoms with van der Waals surface area (Å²) in [6.07, 6.45) is 0.321. The maximum absolute atomic E-state index is 12.2. The minimum atomic E-state index is -0.857. The van der Waals surface area contributed by atoms with Crippen LogP contribution in [0.5, 0.6) is 11.5 Å². The number of carbonyl (C=O) groups is 4. The van der Waals surface area contributed by atoms with Gasteiger partial charge in [-0.15, -0.1) is 47.0 Å². The summed E-state index contributed by atoms with van der Waals surface area (Å²) < 4.78 is 32.2. The fraction of sp³-hybridized carbons (Fsp3) is 0.462. The van der Waals surface area contributed by atoms with Crippen molar-refractivity contribution in [2.24, 2.45) is 0 Å². The van der Waals surface area contributed by atoms with Gasteiger partial charge in [-0.3, -0.25) is 0 Å². The summed E-state index contributed by atoms with van der Waals surface area (Å²) in [4.78, 5) is 48.0. The number of ether oxygens (including phenoxy) is 6. The molecule has 2 atom stereocenters. The molecule has 2 aliphatic heterocycles. The maximum Gasteiger partial charge on any atom is 0.330 e. The summed E-state index contributed by atoms with van der Waals surface area (Å²) >= 11 is 6.05. The van der Waals surface area contributed by atoms with E-state index in [1.807, 2.05) is 0 Å². The van der Waals surface area contributed by atoms with E-state index in [4.69, 9.17) is 28.4 Å². The van der Waals surface area contributed by atoms with Crippen molar-refractivity contribution in [1.29, 1.82) is 0 Å². The minimum Gasteiger partial charge on any atom is -0.489 e. The van der Waals surface area contributed by atoms with E-state index in [0.29, 0.717) is 11.5 Å². The largest absolute Gasteiger partial charge is 0.489 e. The third kappa shape index (κ3) is 11.2. The zero-order valence-corrected chi connectivity index (χ0v) is 24.8. The summed E-state index contributed by atoms with van der Waals surface area (Å²) in [6, 6.07) is 6.62. The molecule has 40 heavy (non-hydrogen) atoms. The molecule has 0 aliphatic carbocycles. The van der Waals surface area contributed by atoms with Crippen LogP contribution >= 0.6 is 47.0 Å². The first kappa shape index (κ1) is 32.1. The molecule has 3 rings (SSSR count). The Bertz CT molecular complexity index is 963. The van der Waals surface area contributed by atoms with Gasteiger partial charge in [0, 0.05) is 41.2 Å². The van der Waals surface area contributed by atoms with Crippen LogP contribution in [0.2, 0.25) is 0 Å². The van der Waals surface area contributed by atoms with E-state index >= 15 is 0 Å². The molecule has 218 valence electrons. The van der Waals surface area contributed by atoms with Gasteiger partial charge in [0.15, 0.2) is 12.2 Å². The summed E-state index contributed by atoms with van der Waals surface area (Å²) in [5.41, 5.74) is 0. The van der Waals surface area contributed by atoms with E-state index in [1.165, 1.54) is 47.0 Å². The second kappa shape index (κ2) is 17.4. The molecule has 0 aromatic heterocycles. The van der Waals surface area contributed by atoms with E-state index in [-0.39, 0.29) is 47.5 Å². The average Bonchev–Trinajstić information content (AvgIpc) is 3.71. The third-order valence-corrected chi connectivity index (χ3v) is 10.9. The van der Waals surface area contributed by atoms with Gasteiger partial charge in [0.05, 0.1) is 0 Å². The number of hydrogen-bond donors (Lipinski definition) is 0. The molecule has 2 unspecified atom stereocenters. The summed E-state index contributed by atoms with van der Waals surface area (Å²) in [7, 11) is 0. The average molecular weight is 631 g/mol. The van der Waals surface area contributed by atoms with Crippen molar-refractivity contribution in [2.75, 3.05) is 49.4 Å². The van der Waals surface area contributed by atoms with Crippen LogP contribution < -0.4 is 9.47 Å². The fourth-order valence-corrected chi connectivity index (χ4v) is 8.30. The molecule has 1 aromatic rings. The van der Waals surface area contributed by atoms with Gasteiger partial charge in [0.25, 0.3) is 0 Å². The Hall–Kier alpha value is -2.42. The second-order valence-electron chi connectivity index (χ2n) is 8.03. The summed E-state index contributed by atoms with van der Waals surface area (Å²) in [6.45, 7) is 6.27. The Morgan fingerprint density at radius 2 is 1.12 bits per heavy atom. The number of esters is 4. The van der Waals surface area contributed by atoms with Crippen molar-refractivity contribution in [1.82, 2.24) is 0 Å². The molecular formula is C26H30O10S4. The van der Waals surface area contributed by atoms with E-state index in [9.17, 15) is 19.2 Å². The molecule has 0 radical (unpaired) electrons. The van der Waals surface area contributed by atoms with Crippen LogP contribution in [0.15, 0.2) is 49.6 Å². The zero-order chi connectivity index (χ0) is 28.7. The van der Waals surface area contributed by atoms with Gasteiger partial charge in [-0.2, -0.15) is 0 Å². The van der Waals surface area contributed by atoms with E-state index < -0.39 is 24.1 Å². The van der Waals surface area contributed by atoms with Crippen LogP contribution in [0, 0.1) is 0 Å². The van der Waals surface area contributed by atoms with Crippen molar-refractivity contribution in [2.45, 2.75) is 21.4 Å². The molecule has 0 spiro atoms. The number of thioether (sulfide) groups is 4. The first-order valence-corrected chi connectivity index (χ1v) is 16.4. The lowest BCUT2D eigenvalue weighted by Crippen LogP contribution is -2.32. The van der Waals surface area contributed by atoms with E-state index in [1.54, 1.807) is 24.3 Å². The quantitative estimate of drug-likeness (QED) is 0.151. The lowest BCUT2D eigenvalue weighted by atomic mass is 10.3. The monoisotopic (exact) mass is 630 g/mol. The second-order valence-corrected chi connectivity index (χ2v) is 13.5. The predicted molar refractivity (Wildman–Crippen MR) is 157 cm³/mol. The Balaban J connectivity index is 1.52. The first-order valence-electron chi connectivity index (χ1n) is 12.2. The summed E-state index contributed by atoms with van der Waals surface area (Å²) in [5.74, 6) is 2.21. The van der Waals surface area contributed by atoms with Crippen molar-refractivity contribution in [3.63, 3.8) is 0 Å². The lowest BCUT2D eigenvalue weighted by molar-refractivity contribution is -0.156. The topological polar surface area (TPSA) is 124 Å². The molecular weight excluding hydrogens is 601 g/mol. The molecule has 10 nitrogen and oxygen atoms in total. The Labute approximate surface area is 249 Å². The molecule has 2 aliphatic rings. The van der Waals surface area contributed by atoms with Crippen molar-refractivity contribution in [3.05, 3.63) is 49.6 Å². The molecule has 0 N–H and O–H groups in total. The molecule has 2 heterocycles. The van der Waals surface area contributed by atoms with Gasteiger partial charge < -0.3 is 28.4 Å². The number of rotatable bonds is 16. The van der Waals surface area contributed by atoms with Crippen LogP contribution in [-0.2, 0) is 38.1 Å². The van der Waals surface area contributed by atoms with Crippen LogP contribution in [0.1, 0.15) is 0 Å². The van der Waals surface area contributed by atoms with Gasteiger partial charge >= 0.3 is 23.9 Å². The number of carbonyl (C=O) groups excluding carboxylic acids is 4. The van der Waals surface area contributed by atoms with Gasteiger partial charge in [-0.1, -0.05) is 19.2 Å². The molecule has 1 aromatic carbocycles. The van der Waals surface area contributed by atoms with Gasteiger partial charge in [0.2, 0.25) is 0 Å². The molecule has 2 fully saturated rings. The minimum absolute atomic E-state index is 0.0893. The van der Waals surface area contributed by atoms with Crippen LogP contribution in [0.3, 0.4) is 0 Å². The highest BCUT2D eigenvalue weighted by atomic mass is 32.2. The SMILES string of the molecule is C=CC(=O)OC(COC(=O)C1SCCS1)COc1cccc(OCC(COC(=O)C2SCCS2)OC(=O)C=C)c1. The number of hydrogen-bond acceptors (Lipinski definition) is 14. The third-order valence-electron chi connectivity index (χ3n) is 5.03.